The molecule has 0 saturated carbocycles. The van der Waals surface area contributed by atoms with E-state index in [-0.39, 0.29) is 5.91 Å². The first-order valence-electron chi connectivity index (χ1n) is 12.6. The number of nitrogens with one attached hydrogen (secondary N) is 2. The van der Waals surface area contributed by atoms with E-state index >= 15 is 0 Å². The first-order valence-corrected chi connectivity index (χ1v) is 12.6. The van der Waals surface area contributed by atoms with Crippen molar-refractivity contribution in [2.24, 2.45) is 5.73 Å². The maximum Gasteiger partial charge on any atom is 0.258 e. The van der Waals surface area contributed by atoms with E-state index in [0.29, 0.717) is 34.6 Å². The number of anilines is 2. The van der Waals surface area contributed by atoms with Gasteiger partial charge in [0.25, 0.3) is 5.91 Å². The van der Waals surface area contributed by atoms with Crippen molar-refractivity contribution in [1.82, 2.24) is 4.90 Å². The third kappa shape index (κ3) is 4.77. The highest BCUT2D eigenvalue weighted by Crippen LogP contribution is 2.38. The number of carbonyl (C=O) groups is 2. The molecule has 3 aromatic rings. The van der Waals surface area contributed by atoms with Crippen LogP contribution in [0.3, 0.4) is 0 Å². The fourth-order valence-corrected chi connectivity index (χ4v) is 5.29. The van der Waals surface area contributed by atoms with Gasteiger partial charge in [0, 0.05) is 41.1 Å². The molecule has 4 N–H and O–H groups in total. The third-order valence-corrected chi connectivity index (χ3v) is 7.33. The van der Waals surface area contributed by atoms with Crippen LogP contribution in [0.25, 0.3) is 11.3 Å². The number of nitrogens with zero attached hydrogens (tertiary/aromatic N) is 1. The highest BCUT2D eigenvalue weighted by Gasteiger charge is 2.29. The van der Waals surface area contributed by atoms with Crippen molar-refractivity contribution >= 4 is 34.5 Å². The van der Waals surface area contributed by atoms with Crippen LogP contribution in [-0.2, 0) is 11.3 Å². The summed E-state index contributed by atoms with van der Waals surface area (Å²) in [4.78, 5) is 27.3. The van der Waals surface area contributed by atoms with Crippen molar-refractivity contribution in [3.63, 3.8) is 0 Å². The number of nitrogens with two attached hydrogens (primary N) is 1. The number of likely N-dealkylation sites (tertiary alicyclic amines) is 1. The summed E-state index contributed by atoms with van der Waals surface area (Å²) in [5, 5.41) is 6.40. The minimum absolute atomic E-state index is 0.220. The Hall–Kier alpha value is -3.90. The average molecular weight is 481 g/mol. The van der Waals surface area contributed by atoms with Crippen LogP contribution in [0.4, 0.5) is 11.4 Å². The Kier molecular flexibility index (Phi) is 6.61. The summed E-state index contributed by atoms with van der Waals surface area (Å²) in [5.41, 5.74) is 11.4. The summed E-state index contributed by atoms with van der Waals surface area (Å²) in [7, 11) is 0. The lowest BCUT2D eigenvalue weighted by Gasteiger charge is -2.39. The van der Waals surface area contributed by atoms with Gasteiger partial charge in [0.1, 0.15) is 0 Å². The molecule has 3 aromatic carbocycles. The second-order valence-electron chi connectivity index (χ2n) is 9.82. The zero-order chi connectivity index (χ0) is 25.2. The molecule has 2 unspecified atom stereocenters. The average Bonchev–Trinajstić information content (AvgIpc) is 3.21. The lowest BCUT2D eigenvalue weighted by Crippen LogP contribution is -2.42. The number of hydrogen-bond acceptors (Lipinski definition) is 4. The molecule has 0 aliphatic carbocycles. The van der Waals surface area contributed by atoms with Crippen LogP contribution in [0.5, 0.6) is 0 Å². The smallest absolute Gasteiger partial charge is 0.258 e. The largest absolute Gasteiger partial charge is 0.366 e. The first-order chi connectivity index (χ1) is 17.4. The molecule has 6 nitrogen and oxygen atoms in total. The molecule has 0 bridgehead atoms. The molecule has 1 saturated heterocycles. The van der Waals surface area contributed by atoms with E-state index in [1.165, 1.54) is 24.8 Å². The van der Waals surface area contributed by atoms with Crippen LogP contribution in [0.1, 0.15) is 60.2 Å². The van der Waals surface area contributed by atoms with Crippen molar-refractivity contribution in [3.05, 3.63) is 95.1 Å². The summed E-state index contributed by atoms with van der Waals surface area (Å²) in [6.45, 7) is 5.58. The Morgan fingerprint density at radius 1 is 0.972 bits per heavy atom. The number of primary amides is 1. The fourth-order valence-electron chi connectivity index (χ4n) is 5.29. The Morgan fingerprint density at radius 3 is 2.33 bits per heavy atom. The van der Waals surface area contributed by atoms with Gasteiger partial charge in [-0.05, 0) is 62.1 Å². The van der Waals surface area contributed by atoms with E-state index in [9.17, 15) is 9.59 Å². The summed E-state index contributed by atoms with van der Waals surface area (Å²) in [6.07, 6.45) is 3.81. The van der Waals surface area contributed by atoms with E-state index in [2.05, 4.69) is 53.6 Å². The van der Waals surface area contributed by atoms with E-state index in [4.69, 9.17) is 5.73 Å². The monoisotopic (exact) mass is 480 g/mol. The molecule has 2 aliphatic heterocycles. The zero-order valence-electron chi connectivity index (χ0n) is 20.8. The summed E-state index contributed by atoms with van der Waals surface area (Å²) < 4.78 is 0. The topological polar surface area (TPSA) is 87.5 Å². The van der Waals surface area contributed by atoms with Crippen molar-refractivity contribution in [3.8, 4) is 0 Å². The number of fused-ring (bicyclic) bond motifs is 1. The van der Waals surface area contributed by atoms with Crippen LogP contribution in [0, 0.1) is 0 Å². The molecule has 0 spiro atoms. The Balaban J connectivity index is 1.47. The second kappa shape index (κ2) is 9.99. The van der Waals surface area contributed by atoms with Crippen LogP contribution in [0.2, 0.25) is 0 Å². The molecule has 184 valence electrons. The van der Waals surface area contributed by atoms with Gasteiger partial charge >= 0.3 is 0 Å². The molecule has 0 aromatic heterocycles. The number of benzene rings is 3. The molecular formula is C30H32N4O2. The highest BCUT2D eigenvalue weighted by atomic mass is 16.2. The Labute approximate surface area is 212 Å². The molecule has 2 amide bonds. The van der Waals surface area contributed by atoms with E-state index in [1.807, 2.05) is 30.3 Å². The molecule has 36 heavy (non-hydrogen) atoms. The van der Waals surface area contributed by atoms with E-state index < -0.39 is 5.91 Å². The molecule has 2 atom stereocenters. The van der Waals surface area contributed by atoms with Crippen molar-refractivity contribution in [2.75, 3.05) is 10.6 Å². The molecule has 2 heterocycles. The number of hydrogen-bond donors (Lipinski definition) is 3. The molecule has 1 fully saturated rings. The molecule has 6 heteroatoms. The van der Waals surface area contributed by atoms with Gasteiger partial charge in [-0.25, -0.2) is 0 Å². The maximum absolute atomic E-state index is 13.1. The predicted molar refractivity (Wildman–Crippen MR) is 145 cm³/mol. The normalized spacial score (nSPS) is 21.0. The zero-order valence-corrected chi connectivity index (χ0v) is 20.8. The van der Waals surface area contributed by atoms with Gasteiger partial charge in [-0.3, -0.25) is 14.5 Å². The number of carbonyl (C=O) groups excluding carboxylic acids is 2. The van der Waals surface area contributed by atoms with Gasteiger partial charge in [0.2, 0.25) is 5.91 Å². The van der Waals surface area contributed by atoms with Gasteiger partial charge < -0.3 is 16.4 Å². The minimum atomic E-state index is -0.528. The summed E-state index contributed by atoms with van der Waals surface area (Å²) in [5.74, 6) is -0.748. The summed E-state index contributed by atoms with van der Waals surface area (Å²) in [6, 6.07) is 24.5. The fraction of sp³-hybridized carbons (Fsp3) is 0.267. The Bertz CT molecular complexity index is 1300. The predicted octanol–water partition coefficient (Wildman–Crippen LogP) is 5.48. The van der Waals surface area contributed by atoms with Crippen LogP contribution < -0.4 is 16.4 Å². The van der Waals surface area contributed by atoms with Crippen LogP contribution >= 0.6 is 0 Å². The van der Waals surface area contributed by atoms with Gasteiger partial charge in [-0.1, -0.05) is 55.0 Å². The van der Waals surface area contributed by atoms with Gasteiger partial charge in [-0.2, -0.15) is 0 Å². The first kappa shape index (κ1) is 23.8. The van der Waals surface area contributed by atoms with Crippen molar-refractivity contribution in [1.29, 1.82) is 0 Å². The second-order valence-corrected chi connectivity index (χ2v) is 9.82. The maximum atomic E-state index is 13.1. The molecule has 5 rings (SSSR count). The number of amides is 2. The Morgan fingerprint density at radius 2 is 1.67 bits per heavy atom. The standard InChI is InChI=1S/C30H32N4O2/c1-19-7-6-8-20(2)34(19)18-21-11-14-24(15-12-21)32-28(22-9-4-3-5-10-22)27-25-16-13-23(29(31)35)17-26(25)33-30(27)36/h3-5,9-17,19-20,32H,6-8,18H2,1-2H3,(H2,31,35)(H,33,36)/b28-27-. The van der Waals surface area contributed by atoms with Gasteiger partial charge in [-0.15, -0.1) is 0 Å². The SMILES string of the molecule is CC1CCCC(C)N1Cc1ccc(N/C(=C2\C(=O)Nc3cc(C(N)=O)ccc32)c2ccccc2)cc1. The lowest BCUT2D eigenvalue weighted by molar-refractivity contribution is -0.110. The van der Waals surface area contributed by atoms with Crippen molar-refractivity contribution < 1.29 is 9.59 Å². The van der Waals surface area contributed by atoms with E-state index in [0.717, 1.165) is 23.4 Å². The lowest BCUT2D eigenvalue weighted by atomic mass is 9.96. The molecular weight excluding hydrogens is 448 g/mol. The van der Waals surface area contributed by atoms with E-state index in [1.54, 1.807) is 18.2 Å². The van der Waals surface area contributed by atoms with Crippen LogP contribution in [-0.4, -0.2) is 28.8 Å². The minimum Gasteiger partial charge on any atom is -0.366 e. The third-order valence-electron chi connectivity index (χ3n) is 7.33. The molecule has 2 aliphatic rings. The van der Waals surface area contributed by atoms with Gasteiger partial charge in [0.15, 0.2) is 0 Å². The molecule has 0 radical (unpaired) electrons. The van der Waals surface area contributed by atoms with Crippen LogP contribution in [0.15, 0.2) is 72.8 Å². The summed E-state index contributed by atoms with van der Waals surface area (Å²) >= 11 is 0. The van der Waals surface area contributed by atoms with Gasteiger partial charge in [0.05, 0.1) is 11.3 Å². The number of rotatable bonds is 6. The highest BCUT2D eigenvalue weighted by molar-refractivity contribution is 6.37. The van der Waals surface area contributed by atoms with Crippen molar-refractivity contribution in [2.45, 2.75) is 51.7 Å². The number of piperidine rings is 1. The quantitative estimate of drug-likeness (QED) is 0.408.